The molecule has 2 aromatic heterocycles. The van der Waals surface area contributed by atoms with Crippen LogP contribution in [0.5, 0.6) is 0 Å². The van der Waals surface area contributed by atoms with Crippen molar-refractivity contribution in [3.8, 4) is 11.1 Å². The highest BCUT2D eigenvalue weighted by Crippen LogP contribution is 2.36. The van der Waals surface area contributed by atoms with Gasteiger partial charge in [0.1, 0.15) is 0 Å². The zero-order valence-corrected chi connectivity index (χ0v) is 8.84. The molecular weight excluding hydrogens is 204 g/mol. The molecule has 0 spiro atoms. The van der Waals surface area contributed by atoms with Gasteiger partial charge < -0.3 is 10.7 Å². The van der Waals surface area contributed by atoms with E-state index in [4.69, 9.17) is 5.73 Å². The number of nitrogen functional groups attached to an aromatic ring is 1. The molecule has 2 heterocycles. The molecule has 0 bridgehead atoms. The largest absolute Gasteiger partial charge is 0.397 e. The lowest BCUT2D eigenvalue weighted by atomic mass is 10.1. The van der Waals surface area contributed by atoms with Crippen molar-refractivity contribution in [1.82, 2.24) is 4.98 Å². The van der Waals surface area contributed by atoms with Crippen LogP contribution in [0.3, 0.4) is 0 Å². The molecule has 0 aliphatic rings. The minimum absolute atomic E-state index is 0.804. The normalized spacial score (nSPS) is 10.9. The van der Waals surface area contributed by atoms with Gasteiger partial charge in [0, 0.05) is 33.6 Å². The van der Waals surface area contributed by atoms with Crippen molar-refractivity contribution < 1.29 is 0 Å². The number of benzene rings is 1. The highest BCUT2D eigenvalue weighted by atomic mass is 32.1. The first kappa shape index (κ1) is 8.56. The van der Waals surface area contributed by atoms with Gasteiger partial charge >= 0.3 is 0 Å². The highest BCUT2D eigenvalue weighted by molar-refractivity contribution is 7.17. The first-order valence-corrected chi connectivity index (χ1v) is 5.63. The van der Waals surface area contributed by atoms with Gasteiger partial charge in [-0.3, -0.25) is 0 Å². The second kappa shape index (κ2) is 3.14. The quantitative estimate of drug-likeness (QED) is 0.639. The Hall–Kier alpha value is -1.74. The topological polar surface area (TPSA) is 41.8 Å². The molecule has 0 aliphatic heterocycles. The number of rotatable bonds is 1. The number of H-pyrrole nitrogens is 1. The summed E-state index contributed by atoms with van der Waals surface area (Å²) in [6, 6.07) is 8.38. The summed E-state index contributed by atoms with van der Waals surface area (Å²) < 4.78 is 1.30. The number of aromatic amines is 1. The number of thiophene rings is 1. The van der Waals surface area contributed by atoms with Gasteiger partial charge in [0.05, 0.1) is 5.69 Å². The van der Waals surface area contributed by atoms with Gasteiger partial charge in [-0.2, -0.15) is 0 Å². The second-order valence-electron chi connectivity index (χ2n) is 3.47. The van der Waals surface area contributed by atoms with E-state index in [-0.39, 0.29) is 0 Å². The van der Waals surface area contributed by atoms with Crippen molar-refractivity contribution in [3.05, 3.63) is 42.0 Å². The molecule has 3 heteroatoms. The lowest BCUT2D eigenvalue weighted by molar-refractivity contribution is 1.42. The summed E-state index contributed by atoms with van der Waals surface area (Å²) in [6.07, 6.45) is 3.77. The van der Waals surface area contributed by atoms with Crippen LogP contribution in [0.4, 0.5) is 5.69 Å². The van der Waals surface area contributed by atoms with E-state index in [2.05, 4.69) is 34.6 Å². The van der Waals surface area contributed by atoms with Crippen LogP contribution in [-0.4, -0.2) is 4.98 Å². The van der Waals surface area contributed by atoms with Gasteiger partial charge in [0.2, 0.25) is 0 Å². The minimum Gasteiger partial charge on any atom is -0.397 e. The van der Waals surface area contributed by atoms with Crippen LogP contribution in [0.2, 0.25) is 0 Å². The van der Waals surface area contributed by atoms with Crippen molar-refractivity contribution >= 4 is 27.1 Å². The van der Waals surface area contributed by atoms with Crippen molar-refractivity contribution in [3.63, 3.8) is 0 Å². The maximum absolute atomic E-state index is 5.90. The Morgan fingerprint density at radius 2 is 1.93 bits per heavy atom. The zero-order valence-electron chi connectivity index (χ0n) is 8.03. The third-order valence-corrected chi connectivity index (χ3v) is 3.51. The Kier molecular flexibility index (Phi) is 1.79. The Balaban J connectivity index is 2.32. The van der Waals surface area contributed by atoms with Crippen LogP contribution in [0.15, 0.2) is 42.0 Å². The summed E-state index contributed by atoms with van der Waals surface area (Å²) in [7, 11) is 0. The Morgan fingerprint density at radius 3 is 2.73 bits per heavy atom. The standard InChI is InChI=1S/C12H10N2S/c13-11-6-14-5-9(11)10-7-15-12-4-2-1-3-8(10)12/h1-7,14H,13H2. The maximum Gasteiger partial charge on any atom is 0.0571 e. The molecular formula is C12H10N2S. The van der Waals surface area contributed by atoms with Crippen molar-refractivity contribution in [2.24, 2.45) is 0 Å². The number of aromatic nitrogens is 1. The van der Waals surface area contributed by atoms with E-state index in [0.717, 1.165) is 11.3 Å². The summed E-state index contributed by atoms with van der Waals surface area (Å²) in [6.45, 7) is 0. The summed E-state index contributed by atoms with van der Waals surface area (Å²) >= 11 is 1.75. The zero-order chi connectivity index (χ0) is 10.3. The number of hydrogen-bond acceptors (Lipinski definition) is 2. The molecule has 0 atom stereocenters. The van der Waals surface area contributed by atoms with Gasteiger partial charge in [0.25, 0.3) is 0 Å². The lowest BCUT2D eigenvalue weighted by Gasteiger charge is -1.97. The molecule has 0 fully saturated rings. The Morgan fingerprint density at radius 1 is 1.07 bits per heavy atom. The van der Waals surface area contributed by atoms with Gasteiger partial charge in [-0.25, -0.2) is 0 Å². The lowest BCUT2D eigenvalue weighted by Crippen LogP contribution is -1.83. The number of fused-ring (bicyclic) bond motifs is 1. The SMILES string of the molecule is Nc1c[nH]cc1-c1csc2ccccc12. The number of hydrogen-bond donors (Lipinski definition) is 2. The van der Waals surface area contributed by atoms with Crippen LogP contribution in [-0.2, 0) is 0 Å². The molecule has 0 aliphatic carbocycles. The van der Waals surface area contributed by atoms with Crippen molar-refractivity contribution in [1.29, 1.82) is 0 Å². The van der Waals surface area contributed by atoms with Crippen LogP contribution in [0, 0.1) is 0 Å². The molecule has 0 unspecified atom stereocenters. The van der Waals surface area contributed by atoms with Gasteiger partial charge in [-0.05, 0) is 11.4 Å². The predicted molar refractivity (Wildman–Crippen MR) is 66.0 cm³/mol. The van der Waals surface area contributed by atoms with E-state index in [1.807, 2.05) is 12.4 Å². The summed E-state index contributed by atoms with van der Waals surface area (Å²) in [5, 5.41) is 3.43. The van der Waals surface area contributed by atoms with E-state index in [1.165, 1.54) is 15.6 Å². The van der Waals surface area contributed by atoms with E-state index in [0.29, 0.717) is 0 Å². The predicted octanol–water partition coefficient (Wildman–Crippen LogP) is 3.48. The monoisotopic (exact) mass is 214 g/mol. The van der Waals surface area contributed by atoms with Crippen molar-refractivity contribution in [2.45, 2.75) is 0 Å². The van der Waals surface area contributed by atoms with Crippen molar-refractivity contribution in [2.75, 3.05) is 5.73 Å². The second-order valence-corrected chi connectivity index (χ2v) is 4.38. The number of nitrogens with two attached hydrogens (primary N) is 1. The summed E-state index contributed by atoms with van der Waals surface area (Å²) in [5.74, 6) is 0. The Labute approximate surface area is 91.4 Å². The molecule has 3 aromatic rings. The molecule has 0 saturated heterocycles. The molecule has 74 valence electrons. The highest BCUT2D eigenvalue weighted by Gasteiger charge is 2.08. The number of anilines is 1. The van der Waals surface area contributed by atoms with E-state index >= 15 is 0 Å². The van der Waals surface area contributed by atoms with Gasteiger partial charge in [0.15, 0.2) is 0 Å². The summed E-state index contributed by atoms with van der Waals surface area (Å²) in [4.78, 5) is 3.03. The van der Waals surface area contributed by atoms with Gasteiger partial charge in [-0.15, -0.1) is 11.3 Å². The Bertz CT molecular complexity index is 607. The van der Waals surface area contributed by atoms with Crippen LogP contribution >= 0.6 is 11.3 Å². The van der Waals surface area contributed by atoms with E-state index in [1.54, 1.807) is 11.3 Å². The molecule has 2 nitrogen and oxygen atoms in total. The fourth-order valence-corrected chi connectivity index (χ4v) is 2.76. The average Bonchev–Trinajstić information content (AvgIpc) is 2.83. The smallest absolute Gasteiger partial charge is 0.0571 e. The fraction of sp³-hybridized carbons (Fsp3) is 0. The molecule has 0 radical (unpaired) electrons. The number of nitrogens with one attached hydrogen (secondary N) is 1. The van der Waals surface area contributed by atoms with E-state index in [9.17, 15) is 0 Å². The molecule has 3 rings (SSSR count). The fourth-order valence-electron chi connectivity index (χ4n) is 1.80. The molecule has 0 saturated carbocycles. The van der Waals surface area contributed by atoms with Crippen LogP contribution in [0.25, 0.3) is 21.2 Å². The first-order chi connectivity index (χ1) is 7.36. The molecule has 1 aromatic carbocycles. The van der Waals surface area contributed by atoms with E-state index < -0.39 is 0 Å². The van der Waals surface area contributed by atoms with Gasteiger partial charge in [-0.1, -0.05) is 18.2 Å². The molecule has 15 heavy (non-hydrogen) atoms. The van der Waals surface area contributed by atoms with Crippen LogP contribution in [0.1, 0.15) is 0 Å². The minimum atomic E-state index is 0.804. The molecule has 0 amide bonds. The third kappa shape index (κ3) is 1.24. The average molecular weight is 214 g/mol. The maximum atomic E-state index is 5.90. The first-order valence-electron chi connectivity index (χ1n) is 4.75. The summed E-state index contributed by atoms with van der Waals surface area (Å²) in [5.41, 5.74) is 9.01. The molecule has 3 N–H and O–H groups in total. The van der Waals surface area contributed by atoms with Crippen LogP contribution < -0.4 is 5.73 Å². The third-order valence-electron chi connectivity index (χ3n) is 2.55.